The van der Waals surface area contributed by atoms with Crippen molar-refractivity contribution in [3.63, 3.8) is 0 Å². The molecular formula is C25H25Cl4N7O4S. The molecule has 16 heteroatoms. The predicted octanol–water partition coefficient (Wildman–Crippen LogP) is 4.08. The summed E-state index contributed by atoms with van der Waals surface area (Å²) in [7, 11) is -1.24. The van der Waals surface area contributed by atoms with Gasteiger partial charge in [0.05, 0.1) is 27.1 Å². The van der Waals surface area contributed by atoms with Crippen LogP contribution in [-0.4, -0.2) is 70.9 Å². The van der Waals surface area contributed by atoms with Crippen molar-refractivity contribution in [1.82, 2.24) is 25.3 Å². The number of anilines is 2. The van der Waals surface area contributed by atoms with Gasteiger partial charge in [0.15, 0.2) is 5.82 Å². The van der Waals surface area contributed by atoms with Crippen LogP contribution >= 0.6 is 46.4 Å². The number of halogens is 4. The van der Waals surface area contributed by atoms with Crippen molar-refractivity contribution in [1.29, 1.82) is 0 Å². The number of aryl methyl sites for hydroxylation is 1. The molecule has 11 nitrogen and oxygen atoms in total. The average molecular weight is 661 g/mol. The molecule has 0 unspecified atom stereocenters. The summed E-state index contributed by atoms with van der Waals surface area (Å²) in [5.41, 5.74) is 1.25. The molecule has 4 aliphatic rings. The van der Waals surface area contributed by atoms with E-state index in [1.165, 1.54) is 0 Å². The van der Waals surface area contributed by atoms with Gasteiger partial charge >= 0.3 is 6.09 Å². The van der Waals surface area contributed by atoms with E-state index < -0.39 is 32.1 Å². The molecule has 0 spiro atoms. The lowest BCUT2D eigenvalue weighted by Gasteiger charge is -2.42. The highest BCUT2D eigenvalue weighted by molar-refractivity contribution is 7.85. The highest BCUT2D eigenvalue weighted by atomic mass is 35.6. The first-order chi connectivity index (χ1) is 19.5. The van der Waals surface area contributed by atoms with Crippen LogP contribution in [0.4, 0.5) is 16.6 Å². The third kappa shape index (κ3) is 5.99. The molecule has 2 fully saturated rings. The number of fused-ring (bicyclic) bond motifs is 2. The molecule has 2 amide bonds. The van der Waals surface area contributed by atoms with E-state index in [4.69, 9.17) is 61.1 Å². The van der Waals surface area contributed by atoms with Gasteiger partial charge in [0.2, 0.25) is 5.95 Å². The van der Waals surface area contributed by atoms with E-state index >= 15 is 0 Å². The second-order valence-corrected chi connectivity index (χ2v) is 14.9. The number of rotatable bonds is 6. The lowest BCUT2D eigenvalue weighted by molar-refractivity contribution is -0.119. The highest BCUT2D eigenvalue weighted by Crippen LogP contribution is 2.43. The largest absolute Gasteiger partial charge is 0.447 e. The Morgan fingerprint density at radius 2 is 1.93 bits per heavy atom. The van der Waals surface area contributed by atoms with Crippen LogP contribution < -0.4 is 15.5 Å². The third-order valence-corrected chi connectivity index (χ3v) is 10.1. The van der Waals surface area contributed by atoms with Gasteiger partial charge in [-0.25, -0.2) is 19.7 Å². The molecule has 2 aromatic heterocycles. The zero-order valence-electron chi connectivity index (χ0n) is 21.5. The van der Waals surface area contributed by atoms with Gasteiger partial charge in [-0.2, -0.15) is 4.98 Å². The van der Waals surface area contributed by atoms with Gasteiger partial charge in [-0.3, -0.25) is 14.3 Å². The van der Waals surface area contributed by atoms with Crippen molar-refractivity contribution in [2.75, 3.05) is 35.7 Å². The number of ether oxygens (including phenoxy) is 1. The molecule has 2 aromatic rings. The van der Waals surface area contributed by atoms with Crippen molar-refractivity contribution < 1.29 is 18.5 Å². The number of imide groups is 1. The minimum atomic E-state index is -2.29. The van der Waals surface area contributed by atoms with Crippen molar-refractivity contribution in [2.45, 2.75) is 46.3 Å². The number of hydrogen-bond donors (Lipinski definition) is 2. The fourth-order valence-electron chi connectivity index (χ4n) is 5.69. The summed E-state index contributed by atoms with van der Waals surface area (Å²) >= 11 is 22.5. The minimum Gasteiger partial charge on any atom is -0.447 e. The molecule has 41 heavy (non-hydrogen) atoms. The quantitative estimate of drug-likeness (QED) is 0.436. The molecule has 2 aliphatic carbocycles. The molecule has 3 atom stereocenters. The van der Waals surface area contributed by atoms with E-state index in [0.29, 0.717) is 64.4 Å². The Morgan fingerprint density at radius 3 is 2.59 bits per heavy atom. The maximum Gasteiger partial charge on any atom is 0.414 e. The first-order valence-corrected chi connectivity index (χ1v) is 15.9. The third-order valence-electron chi connectivity index (χ3n) is 7.90. The van der Waals surface area contributed by atoms with E-state index in [-0.39, 0.29) is 6.61 Å². The van der Waals surface area contributed by atoms with Crippen molar-refractivity contribution in [3.05, 3.63) is 35.0 Å². The van der Waals surface area contributed by atoms with Crippen molar-refractivity contribution >= 4 is 86.5 Å². The summed E-state index contributed by atoms with van der Waals surface area (Å²) in [6, 6.07) is 0. The van der Waals surface area contributed by atoms with Crippen LogP contribution in [0.2, 0.25) is 5.02 Å². The smallest absolute Gasteiger partial charge is 0.414 e. The molecule has 0 aromatic carbocycles. The summed E-state index contributed by atoms with van der Waals surface area (Å²) in [4.78, 5) is 45.1. The van der Waals surface area contributed by atoms with Gasteiger partial charge in [0.1, 0.15) is 17.3 Å². The van der Waals surface area contributed by atoms with Crippen LogP contribution in [0.5, 0.6) is 0 Å². The van der Waals surface area contributed by atoms with E-state index in [1.807, 2.05) is 5.32 Å². The molecule has 0 bridgehead atoms. The summed E-state index contributed by atoms with van der Waals surface area (Å²) in [6.07, 6.45) is 8.15. The standard InChI is InChI=1S/C25H25Cl4N7O4S/c26-16-8-30-19(31-9-16)13-6-14-10-36(11-15(14)7-13)22-32-17-2-5-41(39)18(17)20(33-22)35-24(3-1-4-24)12-40-23(38)34-21(37)25(27,28)29/h6,8-9,14-15H,1-5,7,10-12H2,(H,32,33,35)(H,34,37,38)/t14-,15+,41-/m1/s1. The monoisotopic (exact) mass is 659 g/mol. The predicted molar refractivity (Wildman–Crippen MR) is 156 cm³/mol. The zero-order valence-corrected chi connectivity index (χ0v) is 25.4. The summed E-state index contributed by atoms with van der Waals surface area (Å²) in [5.74, 6) is 1.85. The van der Waals surface area contributed by atoms with Crippen LogP contribution in [-0.2, 0) is 26.8 Å². The summed E-state index contributed by atoms with van der Waals surface area (Å²) in [6.45, 7) is 1.46. The number of alkyl halides is 3. The number of aromatic nitrogens is 4. The molecule has 0 radical (unpaired) electrons. The minimum absolute atomic E-state index is 0.0546. The first-order valence-electron chi connectivity index (χ1n) is 13.1. The zero-order chi connectivity index (χ0) is 28.9. The molecule has 6 rings (SSSR count). The van der Waals surface area contributed by atoms with Gasteiger partial charge in [-0.1, -0.05) is 52.5 Å². The number of alkyl carbamates (subject to hydrolysis) is 1. The summed E-state index contributed by atoms with van der Waals surface area (Å²) in [5, 5.41) is 5.85. The Labute approximate surface area is 258 Å². The normalized spacial score (nSPS) is 24.2. The van der Waals surface area contributed by atoms with Gasteiger partial charge in [-0.15, -0.1) is 0 Å². The van der Waals surface area contributed by atoms with Crippen LogP contribution in [0.3, 0.4) is 0 Å². The maximum absolute atomic E-state index is 12.9. The Bertz CT molecular complexity index is 1450. The molecule has 1 saturated heterocycles. The fraction of sp³-hybridized carbons (Fsp3) is 0.520. The Hall–Kier alpha value is -2.25. The number of hydrogen-bond acceptors (Lipinski definition) is 10. The van der Waals surface area contributed by atoms with Gasteiger partial charge in [0.25, 0.3) is 9.70 Å². The number of nitrogens with zero attached hydrogens (tertiary/aromatic N) is 5. The number of carbonyl (C=O) groups excluding carboxylic acids is 2. The highest BCUT2D eigenvalue weighted by Gasteiger charge is 2.43. The van der Waals surface area contributed by atoms with Gasteiger partial charge < -0.3 is 15.0 Å². The number of nitrogens with one attached hydrogen (secondary N) is 2. The average Bonchev–Trinajstić information content (AvgIpc) is 3.59. The molecular weight excluding hydrogens is 636 g/mol. The van der Waals surface area contributed by atoms with Crippen molar-refractivity contribution in [2.24, 2.45) is 11.8 Å². The van der Waals surface area contributed by atoms with Crippen LogP contribution in [0.1, 0.15) is 37.2 Å². The van der Waals surface area contributed by atoms with E-state index in [2.05, 4.69) is 26.3 Å². The second kappa shape index (κ2) is 11.1. The Kier molecular flexibility index (Phi) is 7.82. The number of carbonyl (C=O) groups is 2. The van der Waals surface area contributed by atoms with Crippen molar-refractivity contribution in [3.8, 4) is 0 Å². The van der Waals surface area contributed by atoms with E-state index in [9.17, 15) is 13.8 Å². The second-order valence-electron chi connectivity index (χ2n) is 10.7. The van der Waals surface area contributed by atoms with Gasteiger partial charge in [0, 0.05) is 37.7 Å². The SMILES string of the molecule is O=C(NC(=O)C(Cl)(Cl)Cl)OCC1(Nc2nc(N3C[C@@H]4CC(c5ncc(Cl)cn5)=C[C@@H]4C3)nc3c2[S@](=O)CC3)CCC1. The van der Waals surface area contributed by atoms with E-state index in [0.717, 1.165) is 37.2 Å². The molecule has 4 heterocycles. The van der Waals surface area contributed by atoms with Crippen LogP contribution in [0, 0.1) is 11.8 Å². The summed E-state index contributed by atoms with van der Waals surface area (Å²) < 4.78 is 15.9. The Morgan fingerprint density at radius 1 is 1.17 bits per heavy atom. The topological polar surface area (TPSA) is 139 Å². The molecule has 1 saturated carbocycles. The van der Waals surface area contributed by atoms with E-state index in [1.54, 1.807) is 12.4 Å². The molecule has 2 aliphatic heterocycles. The molecule has 218 valence electrons. The lowest BCUT2D eigenvalue weighted by Crippen LogP contribution is -2.51. The number of amides is 2. The first kappa shape index (κ1) is 28.9. The molecule has 2 N–H and O–H groups in total. The maximum atomic E-state index is 12.9. The fourth-order valence-corrected chi connectivity index (χ4v) is 7.24. The number of allylic oxidation sites excluding steroid dienone is 1. The van der Waals surface area contributed by atoms with Gasteiger partial charge in [-0.05, 0) is 43.1 Å². The Balaban J connectivity index is 1.18. The van der Waals surface area contributed by atoms with Crippen LogP contribution in [0.25, 0.3) is 5.57 Å². The van der Waals surface area contributed by atoms with Crippen LogP contribution in [0.15, 0.2) is 23.4 Å². The lowest BCUT2D eigenvalue weighted by atomic mass is 9.77.